The molecule has 0 saturated carbocycles. The molecular formula is C48H36N4O2. The molecule has 0 aliphatic carbocycles. The van der Waals surface area contributed by atoms with Gasteiger partial charge in [0, 0.05) is 38.8 Å². The topological polar surface area (TPSA) is 83.7 Å². The van der Waals surface area contributed by atoms with E-state index >= 15 is 0 Å². The van der Waals surface area contributed by atoms with Crippen LogP contribution in [-0.2, 0) is 16.0 Å². The van der Waals surface area contributed by atoms with Crippen molar-refractivity contribution in [2.45, 2.75) is 13.3 Å². The molecule has 8 bridgehead atoms. The average molecular weight is 701 g/mol. The lowest BCUT2D eigenvalue weighted by atomic mass is 10.0. The summed E-state index contributed by atoms with van der Waals surface area (Å²) in [6.45, 7) is 2.13. The molecule has 3 aromatic heterocycles. The quantitative estimate of drug-likeness (QED) is 0.162. The van der Waals surface area contributed by atoms with Gasteiger partial charge in [0.05, 0.1) is 41.3 Å². The van der Waals surface area contributed by atoms with Gasteiger partial charge >= 0.3 is 5.97 Å². The number of H-pyrrole nitrogens is 2. The fraction of sp³-hybridized carbons (Fsp3) is 0.0625. The zero-order valence-electron chi connectivity index (χ0n) is 29.7. The van der Waals surface area contributed by atoms with Crippen molar-refractivity contribution in [1.82, 2.24) is 19.9 Å². The van der Waals surface area contributed by atoms with Crippen LogP contribution in [0.1, 0.15) is 35.3 Å². The largest absolute Gasteiger partial charge is 0.466 e. The van der Waals surface area contributed by atoms with Gasteiger partial charge in [0.25, 0.3) is 0 Å². The van der Waals surface area contributed by atoms with E-state index in [0.717, 1.165) is 94.9 Å². The third-order valence-corrected chi connectivity index (χ3v) is 9.84. The van der Waals surface area contributed by atoms with E-state index in [1.807, 2.05) is 55.5 Å². The molecule has 2 aliphatic heterocycles. The van der Waals surface area contributed by atoms with Crippen molar-refractivity contribution in [2.24, 2.45) is 0 Å². The van der Waals surface area contributed by atoms with Crippen LogP contribution in [0.25, 0.3) is 90.9 Å². The molecular weight excluding hydrogens is 665 g/mol. The maximum atomic E-state index is 13.3. The van der Waals surface area contributed by atoms with Gasteiger partial charge in [-0.15, -0.1) is 0 Å². The second kappa shape index (κ2) is 14.2. The number of hydrogen-bond acceptors (Lipinski definition) is 4. The SMILES string of the molecule is CCOC(=O)Cc1cc2[nH]c1c(-c1ccccc1)c1nc(c(-c3ccccc3)c3ccc([nH]3)c(-c3ccccc3)c3nc(c2-c2ccccc2)C=C3)C=C1. The molecule has 0 fully saturated rings. The zero-order valence-corrected chi connectivity index (χ0v) is 29.7. The van der Waals surface area contributed by atoms with E-state index in [9.17, 15) is 4.79 Å². The number of hydrogen-bond donors (Lipinski definition) is 2. The van der Waals surface area contributed by atoms with Crippen LogP contribution in [0.3, 0.4) is 0 Å². The maximum absolute atomic E-state index is 13.3. The minimum absolute atomic E-state index is 0.0869. The number of nitrogens with zero attached hydrogens (tertiary/aromatic N) is 2. The van der Waals surface area contributed by atoms with Gasteiger partial charge in [0.2, 0.25) is 0 Å². The number of fused-ring (bicyclic) bond motifs is 8. The summed E-state index contributed by atoms with van der Waals surface area (Å²) in [4.78, 5) is 31.6. The van der Waals surface area contributed by atoms with Gasteiger partial charge in [-0.25, -0.2) is 9.97 Å². The monoisotopic (exact) mass is 700 g/mol. The predicted octanol–water partition coefficient (Wildman–Crippen LogP) is 11.4. The molecule has 9 rings (SSSR count). The molecule has 260 valence electrons. The molecule has 54 heavy (non-hydrogen) atoms. The molecule has 0 radical (unpaired) electrons. The number of ether oxygens (including phenoxy) is 1. The summed E-state index contributed by atoms with van der Waals surface area (Å²) < 4.78 is 5.52. The lowest BCUT2D eigenvalue weighted by Gasteiger charge is -2.07. The molecule has 4 aromatic carbocycles. The molecule has 0 unspecified atom stereocenters. The normalized spacial score (nSPS) is 11.9. The summed E-state index contributed by atoms with van der Waals surface area (Å²) in [5, 5.41) is 0. The van der Waals surface area contributed by atoms with Crippen molar-refractivity contribution in [3.8, 4) is 44.5 Å². The molecule has 2 N–H and O–H groups in total. The molecule has 5 heterocycles. The van der Waals surface area contributed by atoms with Crippen LogP contribution in [0, 0.1) is 0 Å². The summed E-state index contributed by atoms with van der Waals surface area (Å²) >= 11 is 0. The van der Waals surface area contributed by atoms with Crippen molar-refractivity contribution < 1.29 is 9.53 Å². The molecule has 0 amide bonds. The van der Waals surface area contributed by atoms with Gasteiger partial charge in [-0.05, 0) is 77.2 Å². The van der Waals surface area contributed by atoms with Gasteiger partial charge in [0.15, 0.2) is 0 Å². The molecule has 7 aromatic rings. The van der Waals surface area contributed by atoms with Crippen molar-refractivity contribution >= 4 is 52.3 Å². The summed E-state index contributed by atoms with van der Waals surface area (Å²) in [5.74, 6) is -0.294. The van der Waals surface area contributed by atoms with Crippen LogP contribution in [0.5, 0.6) is 0 Å². The third kappa shape index (κ3) is 6.14. The Balaban J connectivity index is 1.50. The van der Waals surface area contributed by atoms with E-state index < -0.39 is 0 Å². The minimum atomic E-state index is -0.294. The first-order chi connectivity index (χ1) is 26.6. The average Bonchev–Trinajstić information content (AvgIpc) is 4.04. The van der Waals surface area contributed by atoms with E-state index in [1.165, 1.54) is 0 Å². The molecule has 0 saturated heterocycles. The fourth-order valence-electron chi connectivity index (χ4n) is 7.49. The Labute approximate surface area is 313 Å². The van der Waals surface area contributed by atoms with Crippen molar-refractivity contribution in [3.05, 3.63) is 168 Å². The van der Waals surface area contributed by atoms with Crippen LogP contribution >= 0.6 is 0 Å². The first-order valence-corrected chi connectivity index (χ1v) is 18.2. The van der Waals surface area contributed by atoms with Crippen LogP contribution in [-0.4, -0.2) is 32.5 Å². The Bertz CT molecular complexity index is 2750. The second-order valence-corrected chi connectivity index (χ2v) is 13.2. The van der Waals surface area contributed by atoms with E-state index in [2.05, 4.69) is 125 Å². The van der Waals surface area contributed by atoms with Crippen LogP contribution in [0.4, 0.5) is 0 Å². The van der Waals surface area contributed by atoms with Gasteiger partial charge in [-0.1, -0.05) is 121 Å². The lowest BCUT2D eigenvalue weighted by Crippen LogP contribution is -2.07. The highest BCUT2D eigenvalue weighted by Crippen LogP contribution is 2.39. The van der Waals surface area contributed by atoms with Gasteiger partial charge < -0.3 is 14.7 Å². The van der Waals surface area contributed by atoms with Crippen molar-refractivity contribution in [1.29, 1.82) is 0 Å². The van der Waals surface area contributed by atoms with E-state index in [-0.39, 0.29) is 12.4 Å². The Kier molecular flexibility index (Phi) is 8.61. The Hall–Kier alpha value is -7.05. The molecule has 0 spiro atoms. The number of nitrogens with one attached hydrogen (secondary N) is 2. The summed E-state index contributed by atoms with van der Waals surface area (Å²) in [6, 6.07) is 47.6. The van der Waals surface area contributed by atoms with E-state index in [0.29, 0.717) is 6.61 Å². The molecule has 6 heteroatoms. The lowest BCUT2D eigenvalue weighted by molar-refractivity contribution is -0.142. The number of rotatable bonds is 7. The highest BCUT2D eigenvalue weighted by atomic mass is 16.5. The minimum Gasteiger partial charge on any atom is -0.466 e. The summed E-state index contributed by atoms with van der Waals surface area (Å²) in [5.41, 5.74) is 15.5. The standard InChI is InChI=1S/C48H36N4O2/c1-2-54-43(53)30-35-29-42-46(33-19-11-5-12-20-33)40-26-25-38(50-40)44(31-15-7-3-8-16-31)36-23-24-37(49-36)45(32-17-9-4-10-18-32)39-27-28-41(51-39)47(48(35)52-42)34-21-13-6-14-22-34/h3-29,49,52H,2,30H2,1H3. The Morgan fingerprint density at radius 2 is 0.889 bits per heavy atom. The summed E-state index contributed by atoms with van der Waals surface area (Å²) in [7, 11) is 0. The number of carbonyl (C=O) groups excluding carboxylic acids is 1. The summed E-state index contributed by atoms with van der Waals surface area (Å²) in [6.07, 6.45) is 8.43. The Morgan fingerprint density at radius 1 is 0.500 bits per heavy atom. The number of aromatic amines is 2. The number of esters is 1. The van der Waals surface area contributed by atoms with E-state index in [1.54, 1.807) is 0 Å². The van der Waals surface area contributed by atoms with Crippen molar-refractivity contribution in [2.75, 3.05) is 6.61 Å². The van der Waals surface area contributed by atoms with Gasteiger partial charge in [0.1, 0.15) is 0 Å². The number of aromatic nitrogens is 4. The third-order valence-electron chi connectivity index (χ3n) is 9.84. The Morgan fingerprint density at radius 3 is 1.31 bits per heavy atom. The van der Waals surface area contributed by atoms with Crippen LogP contribution < -0.4 is 0 Å². The maximum Gasteiger partial charge on any atom is 0.310 e. The van der Waals surface area contributed by atoms with E-state index in [4.69, 9.17) is 14.7 Å². The zero-order chi connectivity index (χ0) is 36.4. The highest BCUT2D eigenvalue weighted by molar-refractivity contribution is 6.01. The molecule has 0 atom stereocenters. The number of benzene rings is 4. The highest BCUT2D eigenvalue weighted by Gasteiger charge is 2.21. The fourth-order valence-corrected chi connectivity index (χ4v) is 7.49. The van der Waals surface area contributed by atoms with Crippen LogP contribution in [0.2, 0.25) is 0 Å². The number of carbonyl (C=O) groups is 1. The smallest absolute Gasteiger partial charge is 0.310 e. The first kappa shape index (κ1) is 32.8. The second-order valence-electron chi connectivity index (χ2n) is 13.2. The van der Waals surface area contributed by atoms with Gasteiger partial charge in [-0.2, -0.15) is 0 Å². The first-order valence-electron chi connectivity index (χ1n) is 18.2. The molecule has 2 aliphatic rings. The predicted molar refractivity (Wildman–Crippen MR) is 221 cm³/mol. The van der Waals surface area contributed by atoms with Gasteiger partial charge in [-0.3, -0.25) is 4.79 Å². The molecule has 6 nitrogen and oxygen atoms in total. The van der Waals surface area contributed by atoms with Crippen LogP contribution in [0.15, 0.2) is 140 Å². The van der Waals surface area contributed by atoms with Crippen molar-refractivity contribution in [3.63, 3.8) is 0 Å².